The number of fused-ring (bicyclic) bond motifs is 7. The van der Waals surface area contributed by atoms with Gasteiger partial charge in [0, 0.05) is 18.0 Å². The number of amides is 1. The van der Waals surface area contributed by atoms with E-state index in [0.717, 1.165) is 64.5 Å². The predicted molar refractivity (Wildman–Crippen MR) is 189 cm³/mol. The van der Waals surface area contributed by atoms with Gasteiger partial charge in [-0.2, -0.15) is 0 Å². The lowest BCUT2D eigenvalue weighted by Crippen LogP contribution is -2.67. The molecular formula is C41H66N2O5. The molecule has 0 unspecified atom stereocenters. The molecule has 0 bridgehead atoms. The number of rotatable bonds is 8. The molecule has 7 nitrogen and oxygen atoms in total. The standard InChI is InChI=1S/C41H66N2O5/c1-25(2)27-12-18-41(35(47)43-26-15-21-42-24-26)20-19-39(8)28(34(27)41)10-11-30-38(7)16-14-31(37(5,6)29(38)13-17-40(30,39)9)48-33(46)23-36(3,4)22-32(44)45/h26-31,34,42H,1,10-24H2,2-9H3,(H,43,47)(H,44,45)/t26-,27+,28-,29+,30-,31+,34-,38+,39-,40-,41+/m1/s1. The molecule has 11 atom stereocenters. The fraction of sp³-hybridized carbons (Fsp3) is 0.878. The summed E-state index contributed by atoms with van der Waals surface area (Å²) in [6, 6.07) is 0.252. The van der Waals surface area contributed by atoms with Crippen LogP contribution in [-0.2, 0) is 19.1 Å². The highest BCUT2D eigenvalue weighted by molar-refractivity contribution is 5.84. The maximum Gasteiger partial charge on any atom is 0.306 e. The third-order valence-corrected chi connectivity index (χ3v) is 16.4. The minimum Gasteiger partial charge on any atom is -0.481 e. The third-order valence-electron chi connectivity index (χ3n) is 16.4. The topological polar surface area (TPSA) is 105 Å². The number of aliphatic carboxylic acids is 1. The van der Waals surface area contributed by atoms with Crippen LogP contribution in [0, 0.1) is 62.1 Å². The Morgan fingerprint density at radius 1 is 0.875 bits per heavy atom. The number of allylic oxidation sites excluding steroid dienone is 1. The zero-order valence-electron chi connectivity index (χ0n) is 31.4. The van der Waals surface area contributed by atoms with E-state index in [4.69, 9.17) is 4.74 Å². The Morgan fingerprint density at radius 3 is 2.25 bits per heavy atom. The molecular weight excluding hydrogens is 600 g/mol. The van der Waals surface area contributed by atoms with E-state index in [1.165, 1.54) is 24.8 Å². The second-order valence-corrected chi connectivity index (χ2v) is 19.8. The van der Waals surface area contributed by atoms with Gasteiger partial charge in [0.1, 0.15) is 6.10 Å². The van der Waals surface area contributed by atoms with E-state index in [-0.39, 0.29) is 58.0 Å². The second-order valence-electron chi connectivity index (χ2n) is 19.8. The van der Waals surface area contributed by atoms with E-state index >= 15 is 0 Å². The first kappa shape index (κ1) is 35.9. The van der Waals surface area contributed by atoms with Gasteiger partial charge < -0.3 is 20.5 Å². The van der Waals surface area contributed by atoms with Gasteiger partial charge in [-0.1, -0.05) is 60.6 Å². The van der Waals surface area contributed by atoms with Crippen molar-refractivity contribution in [2.45, 2.75) is 151 Å². The molecule has 7 heteroatoms. The Bertz CT molecular complexity index is 1320. The predicted octanol–water partition coefficient (Wildman–Crippen LogP) is 7.92. The second kappa shape index (κ2) is 12.1. The molecule has 48 heavy (non-hydrogen) atoms. The third kappa shape index (κ3) is 5.50. The van der Waals surface area contributed by atoms with Crippen molar-refractivity contribution in [1.82, 2.24) is 10.6 Å². The first-order chi connectivity index (χ1) is 22.3. The highest BCUT2D eigenvalue weighted by Gasteiger charge is 2.72. The Kier molecular flexibility index (Phi) is 9.07. The number of esters is 1. The van der Waals surface area contributed by atoms with Gasteiger partial charge in [-0.3, -0.25) is 14.4 Å². The largest absolute Gasteiger partial charge is 0.481 e. The van der Waals surface area contributed by atoms with Crippen molar-refractivity contribution >= 4 is 17.8 Å². The number of hydrogen-bond donors (Lipinski definition) is 3. The van der Waals surface area contributed by atoms with Crippen LogP contribution in [-0.4, -0.2) is 48.2 Å². The van der Waals surface area contributed by atoms with Crippen molar-refractivity contribution in [3.8, 4) is 0 Å². The fourth-order valence-electron chi connectivity index (χ4n) is 13.9. The van der Waals surface area contributed by atoms with Crippen LogP contribution in [0.5, 0.6) is 0 Å². The van der Waals surface area contributed by atoms with E-state index in [0.29, 0.717) is 35.5 Å². The molecule has 1 aliphatic heterocycles. The summed E-state index contributed by atoms with van der Waals surface area (Å²) < 4.78 is 6.27. The van der Waals surface area contributed by atoms with Crippen LogP contribution in [0.3, 0.4) is 0 Å². The summed E-state index contributed by atoms with van der Waals surface area (Å²) in [5, 5.41) is 16.3. The van der Waals surface area contributed by atoms with Crippen molar-refractivity contribution < 1.29 is 24.2 Å². The van der Waals surface area contributed by atoms with Gasteiger partial charge in [0.05, 0.1) is 18.3 Å². The van der Waals surface area contributed by atoms with Crippen LogP contribution in [0.15, 0.2) is 12.2 Å². The molecule has 5 aliphatic carbocycles. The summed E-state index contributed by atoms with van der Waals surface area (Å²) in [6.07, 6.45) is 11.8. The average molecular weight is 667 g/mol. The monoisotopic (exact) mass is 666 g/mol. The number of carboxylic acids is 1. The van der Waals surface area contributed by atoms with Crippen molar-refractivity contribution in [3.05, 3.63) is 12.2 Å². The average Bonchev–Trinajstić information content (AvgIpc) is 3.62. The molecule has 0 spiro atoms. The maximum atomic E-state index is 14.4. The van der Waals surface area contributed by atoms with Gasteiger partial charge in [0.15, 0.2) is 0 Å². The number of carboxylic acid groups (broad SMARTS) is 1. The summed E-state index contributed by atoms with van der Waals surface area (Å²) in [5.41, 5.74) is 0.696. The zero-order chi connectivity index (χ0) is 35.1. The van der Waals surface area contributed by atoms with Gasteiger partial charge in [0.25, 0.3) is 0 Å². The molecule has 0 aromatic carbocycles. The summed E-state index contributed by atoms with van der Waals surface area (Å²) in [4.78, 5) is 38.9. The number of carbonyl (C=O) groups excluding carboxylic acids is 2. The molecule has 270 valence electrons. The number of hydrogen-bond acceptors (Lipinski definition) is 5. The summed E-state index contributed by atoms with van der Waals surface area (Å²) in [6.45, 7) is 24.8. The SMILES string of the molecule is C=C(C)[C@@H]1CC[C@]2(C(=O)N[C@@H]3CCNC3)CC[C@]3(C)[C@H](CC[C@@H]4[C@@]5(C)CC[C@H](OC(=O)CC(C)(C)CC(=O)O)C(C)(C)[C@@H]5CC[C@]43C)[C@@H]12. The Labute approximate surface area is 290 Å². The van der Waals surface area contributed by atoms with Crippen LogP contribution >= 0.6 is 0 Å². The van der Waals surface area contributed by atoms with Crippen LogP contribution in [0.1, 0.15) is 139 Å². The normalized spacial score (nSPS) is 44.8. The quantitative estimate of drug-likeness (QED) is 0.180. The molecule has 6 aliphatic rings. The zero-order valence-corrected chi connectivity index (χ0v) is 31.4. The molecule has 1 saturated heterocycles. The molecule has 6 rings (SSSR count). The van der Waals surface area contributed by atoms with Crippen molar-refractivity contribution in [2.75, 3.05) is 13.1 Å². The van der Waals surface area contributed by atoms with Gasteiger partial charge in [0.2, 0.25) is 5.91 Å². The van der Waals surface area contributed by atoms with E-state index < -0.39 is 11.4 Å². The van der Waals surface area contributed by atoms with Crippen LogP contribution in [0.25, 0.3) is 0 Å². The van der Waals surface area contributed by atoms with E-state index in [9.17, 15) is 19.5 Å². The highest BCUT2D eigenvalue weighted by atomic mass is 16.5. The Balaban J connectivity index is 1.24. The summed E-state index contributed by atoms with van der Waals surface area (Å²) in [5.74, 6) is 1.52. The molecule has 6 fully saturated rings. The van der Waals surface area contributed by atoms with Crippen molar-refractivity contribution in [2.24, 2.45) is 62.1 Å². The molecule has 1 amide bonds. The first-order valence-electron chi connectivity index (χ1n) is 19.4. The van der Waals surface area contributed by atoms with Gasteiger partial charge in [-0.25, -0.2) is 0 Å². The molecule has 0 radical (unpaired) electrons. The smallest absolute Gasteiger partial charge is 0.306 e. The van der Waals surface area contributed by atoms with Crippen molar-refractivity contribution in [3.63, 3.8) is 0 Å². The number of ether oxygens (including phenoxy) is 1. The number of carbonyl (C=O) groups is 3. The molecule has 5 saturated carbocycles. The summed E-state index contributed by atoms with van der Waals surface area (Å²) >= 11 is 0. The van der Waals surface area contributed by atoms with Gasteiger partial charge in [-0.05, 0) is 135 Å². The van der Waals surface area contributed by atoms with Crippen LogP contribution in [0.2, 0.25) is 0 Å². The summed E-state index contributed by atoms with van der Waals surface area (Å²) in [7, 11) is 0. The molecule has 1 heterocycles. The molecule has 3 N–H and O–H groups in total. The molecule has 0 aromatic heterocycles. The Hall–Kier alpha value is -1.89. The van der Waals surface area contributed by atoms with E-state index in [1.807, 2.05) is 13.8 Å². The lowest BCUT2D eigenvalue weighted by molar-refractivity contribution is -0.249. The highest BCUT2D eigenvalue weighted by Crippen LogP contribution is 2.77. The lowest BCUT2D eigenvalue weighted by Gasteiger charge is -2.72. The molecule has 0 aromatic rings. The minimum atomic E-state index is -0.883. The first-order valence-corrected chi connectivity index (χ1v) is 19.4. The fourth-order valence-corrected chi connectivity index (χ4v) is 13.9. The maximum absolute atomic E-state index is 14.4. The number of nitrogens with one attached hydrogen (secondary N) is 2. The van der Waals surface area contributed by atoms with Gasteiger partial charge >= 0.3 is 11.9 Å². The van der Waals surface area contributed by atoms with Gasteiger partial charge in [-0.15, -0.1) is 0 Å². The Morgan fingerprint density at radius 2 is 1.60 bits per heavy atom. The van der Waals surface area contributed by atoms with E-state index in [2.05, 4.69) is 58.8 Å². The lowest BCUT2D eigenvalue weighted by atomic mass is 9.32. The van der Waals surface area contributed by atoms with Crippen LogP contribution < -0.4 is 10.6 Å². The minimum absolute atomic E-state index is 0.0470. The van der Waals surface area contributed by atoms with E-state index in [1.54, 1.807) is 0 Å². The van der Waals surface area contributed by atoms with Crippen LogP contribution in [0.4, 0.5) is 0 Å². The van der Waals surface area contributed by atoms with Crippen molar-refractivity contribution in [1.29, 1.82) is 0 Å².